The van der Waals surface area contributed by atoms with Gasteiger partial charge in [-0.05, 0) is 31.5 Å². The molecule has 0 aliphatic carbocycles. The number of amides is 2. The second kappa shape index (κ2) is 12.4. The fourth-order valence-electron chi connectivity index (χ4n) is 4.11. The predicted octanol–water partition coefficient (Wildman–Crippen LogP) is 6.29. The van der Waals surface area contributed by atoms with Gasteiger partial charge in [-0.3, -0.25) is 19.7 Å². The molecule has 0 saturated carbocycles. The highest BCUT2D eigenvalue weighted by Crippen LogP contribution is 2.28. The molecule has 1 heterocycles. The molecule has 0 fully saturated rings. The van der Waals surface area contributed by atoms with E-state index in [2.05, 4.69) is 10.4 Å². The molecule has 4 rings (SSSR count). The Morgan fingerprint density at radius 3 is 2.46 bits per heavy atom. The minimum absolute atomic E-state index is 0.141. The van der Waals surface area contributed by atoms with E-state index in [4.69, 9.17) is 11.6 Å². The largest absolute Gasteiger partial charge is 0.329 e. The summed E-state index contributed by atoms with van der Waals surface area (Å²) in [7, 11) is 0. The van der Waals surface area contributed by atoms with E-state index in [-0.39, 0.29) is 17.8 Å². The Bertz CT molecular complexity index is 1500. The van der Waals surface area contributed by atoms with Crippen molar-refractivity contribution in [2.75, 3.05) is 18.4 Å². The Morgan fingerprint density at radius 1 is 1.05 bits per heavy atom. The molecule has 1 aromatic heterocycles. The molecular formula is C29H28ClN5O4. The van der Waals surface area contributed by atoms with Crippen molar-refractivity contribution < 1.29 is 14.5 Å². The highest BCUT2D eigenvalue weighted by atomic mass is 35.5. The van der Waals surface area contributed by atoms with E-state index in [1.807, 2.05) is 43.3 Å². The fourth-order valence-corrected chi connectivity index (χ4v) is 4.32. The third kappa shape index (κ3) is 6.50. The van der Waals surface area contributed by atoms with Crippen LogP contribution in [0.2, 0.25) is 5.02 Å². The third-order valence-electron chi connectivity index (χ3n) is 6.18. The summed E-state index contributed by atoms with van der Waals surface area (Å²) in [5.41, 5.74) is 2.55. The fraction of sp³-hybridized carbons (Fsp3) is 0.207. The average molecular weight is 546 g/mol. The number of nitro benzene ring substituents is 1. The molecule has 0 spiro atoms. The van der Waals surface area contributed by atoms with Crippen molar-refractivity contribution in [1.29, 1.82) is 0 Å². The van der Waals surface area contributed by atoms with Crippen LogP contribution in [0, 0.1) is 17.0 Å². The summed E-state index contributed by atoms with van der Waals surface area (Å²) in [6.07, 6.45) is 1.47. The molecule has 0 unspecified atom stereocenters. The highest BCUT2D eigenvalue weighted by Gasteiger charge is 2.23. The monoisotopic (exact) mass is 545 g/mol. The minimum atomic E-state index is -0.518. The lowest BCUT2D eigenvalue weighted by molar-refractivity contribution is -0.385. The van der Waals surface area contributed by atoms with Gasteiger partial charge in [-0.2, -0.15) is 5.10 Å². The van der Waals surface area contributed by atoms with Crippen molar-refractivity contribution in [3.63, 3.8) is 0 Å². The van der Waals surface area contributed by atoms with Crippen molar-refractivity contribution in [3.8, 4) is 16.9 Å². The van der Waals surface area contributed by atoms with Crippen LogP contribution in [0.4, 0.5) is 11.5 Å². The van der Waals surface area contributed by atoms with Crippen LogP contribution in [0.15, 0.2) is 78.9 Å². The molecule has 0 atom stereocenters. The lowest BCUT2D eigenvalue weighted by Gasteiger charge is -2.22. The van der Waals surface area contributed by atoms with E-state index >= 15 is 0 Å². The number of unbranched alkanes of at least 4 members (excludes halogenated alkanes) is 1. The molecule has 4 aromatic rings. The Balaban J connectivity index is 1.62. The first kappa shape index (κ1) is 27.5. The molecule has 0 saturated heterocycles. The number of hydrogen-bond donors (Lipinski definition) is 1. The summed E-state index contributed by atoms with van der Waals surface area (Å²) >= 11 is 6.45. The molecule has 3 aromatic carbocycles. The Morgan fingerprint density at radius 2 is 1.77 bits per heavy atom. The van der Waals surface area contributed by atoms with Crippen molar-refractivity contribution >= 4 is 34.9 Å². The van der Waals surface area contributed by atoms with Crippen LogP contribution in [0.3, 0.4) is 0 Å². The molecule has 1 N–H and O–H groups in total. The van der Waals surface area contributed by atoms with Gasteiger partial charge in [-0.15, -0.1) is 0 Å². The van der Waals surface area contributed by atoms with Gasteiger partial charge in [0.2, 0.25) is 5.91 Å². The number of carbonyl (C=O) groups excluding carboxylic acids is 2. The number of nitro groups is 1. The van der Waals surface area contributed by atoms with Gasteiger partial charge in [0.1, 0.15) is 12.4 Å². The van der Waals surface area contributed by atoms with Gasteiger partial charge in [-0.25, -0.2) is 4.68 Å². The van der Waals surface area contributed by atoms with Crippen molar-refractivity contribution in [2.24, 2.45) is 0 Å². The summed E-state index contributed by atoms with van der Waals surface area (Å²) in [6, 6.07) is 22.8. The SMILES string of the molecule is CCCCN(CC(=O)Nc1cc(-c2ccccc2)nn1-c1ccccc1Cl)C(=O)c1ccc(C)c([N+](=O)[O-])c1. The van der Waals surface area contributed by atoms with Gasteiger partial charge in [0, 0.05) is 35.4 Å². The van der Waals surface area contributed by atoms with Crippen LogP contribution in [-0.2, 0) is 4.79 Å². The van der Waals surface area contributed by atoms with E-state index in [0.717, 1.165) is 12.0 Å². The zero-order chi connectivity index (χ0) is 27.9. The van der Waals surface area contributed by atoms with Crippen molar-refractivity contribution in [2.45, 2.75) is 26.7 Å². The van der Waals surface area contributed by atoms with Gasteiger partial charge in [0.25, 0.3) is 11.6 Å². The molecule has 200 valence electrons. The minimum Gasteiger partial charge on any atom is -0.329 e. The molecule has 0 aliphatic heterocycles. The van der Waals surface area contributed by atoms with Gasteiger partial charge in [0.05, 0.1) is 21.3 Å². The number of halogens is 1. The summed E-state index contributed by atoms with van der Waals surface area (Å²) < 4.78 is 1.56. The van der Waals surface area contributed by atoms with Crippen LogP contribution < -0.4 is 5.32 Å². The van der Waals surface area contributed by atoms with Crippen LogP contribution in [0.5, 0.6) is 0 Å². The number of nitrogens with one attached hydrogen (secondary N) is 1. The van der Waals surface area contributed by atoms with Crippen LogP contribution in [0.25, 0.3) is 16.9 Å². The van der Waals surface area contributed by atoms with E-state index in [1.165, 1.54) is 17.0 Å². The van der Waals surface area contributed by atoms with Gasteiger partial charge < -0.3 is 10.2 Å². The summed E-state index contributed by atoms with van der Waals surface area (Å²) in [5.74, 6) is -0.499. The maximum absolute atomic E-state index is 13.3. The molecule has 10 heteroatoms. The van der Waals surface area contributed by atoms with Gasteiger partial charge in [0.15, 0.2) is 0 Å². The third-order valence-corrected chi connectivity index (χ3v) is 6.50. The predicted molar refractivity (Wildman–Crippen MR) is 151 cm³/mol. The lowest BCUT2D eigenvalue weighted by atomic mass is 10.1. The number of aromatic nitrogens is 2. The number of anilines is 1. The maximum atomic E-state index is 13.3. The summed E-state index contributed by atoms with van der Waals surface area (Å²) in [4.78, 5) is 38.9. The van der Waals surface area contributed by atoms with Crippen molar-refractivity contribution in [3.05, 3.63) is 105 Å². The standard InChI is InChI=1S/C29H28ClN5O4/c1-3-4-16-33(29(37)22-15-14-20(2)26(17-22)35(38)39)19-28(36)31-27-18-24(21-10-6-5-7-11-21)32-34(27)25-13-9-8-12-23(25)30/h5-15,17-18H,3-4,16,19H2,1-2H3,(H,31,36). The summed E-state index contributed by atoms with van der Waals surface area (Å²) in [6.45, 7) is 3.67. The van der Waals surface area contributed by atoms with E-state index in [1.54, 1.807) is 41.9 Å². The number of benzene rings is 3. The molecule has 39 heavy (non-hydrogen) atoms. The quantitative estimate of drug-likeness (QED) is 0.186. The number of aryl methyl sites for hydroxylation is 1. The number of nitrogens with zero attached hydrogens (tertiary/aromatic N) is 4. The Hall–Kier alpha value is -4.50. The normalized spacial score (nSPS) is 10.7. The molecular weight excluding hydrogens is 518 g/mol. The van der Waals surface area contributed by atoms with E-state index in [9.17, 15) is 19.7 Å². The van der Waals surface area contributed by atoms with Crippen molar-refractivity contribution in [1.82, 2.24) is 14.7 Å². The first-order valence-corrected chi connectivity index (χ1v) is 12.9. The molecule has 0 aliphatic rings. The number of rotatable bonds is 10. The van der Waals surface area contributed by atoms with Crippen LogP contribution in [0.1, 0.15) is 35.7 Å². The summed E-state index contributed by atoms with van der Waals surface area (Å²) in [5, 5.41) is 19.4. The number of hydrogen-bond acceptors (Lipinski definition) is 5. The highest BCUT2D eigenvalue weighted by molar-refractivity contribution is 6.32. The van der Waals surface area contributed by atoms with E-state index < -0.39 is 16.7 Å². The smallest absolute Gasteiger partial charge is 0.273 e. The molecule has 9 nitrogen and oxygen atoms in total. The second-order valence-electron chi connectivity index (χ2n) is 9.03. The van der Waals surface area contributed by atoms with E-state index in [0.29, 0.717) is 40.8 Å². The number of para-hydroxylation sites is 1. The maximum Gasteiger partial charge on any atom is 0.273 e. The zero-order valence-electron chi connectivity index (χ0n) is 21.6. The number of carbonyl (C=O) groups is 2. The Labute approximate surface area is 231 Å². The first-order chi connectivity index (χ1) is 18.8. The Kier molecular flexibility index (Phi) is 8.73. The van der Waals surface area contributed by atoms with Crippen LogP contribution in [-0.4, -0.2) is 44.5 Å². The molecule has 0 bridgehead atoms. The average Bonchev–Trinajstić information content (AvgIpc) is 3.34. The van der Waals surface area contributed by atoms with Gasteiger partial charge in [-0.1, -0.05) is 73.5 Å². The topological polar surface area (TPSA) is 110 Å². The first-order valence-electron chi connectivity index (χ1n) is 12.5. The zero-order valence-corrected chi connectivity index (χ0v) is 22.4. The molecule has 2 amide bonds. The lowest BCUT2D eigenvalue weighted by Crippen LogP contribution is -2.39. The van der Waals surface area contributed by atoms with Gasteiger partial charge >= 0.3 is 0 Å². The van der Waals surface area contributed by atoms with Crippen LogP contribution >= 0.6 is 11.6 Å². The second-order valence-corrected chi connectivity index (χ2v) is 9.44. The molecule has 0 radical (unpaired) electrons.